The fourth-order valence-corrected chi connectivity index (χ4v) is 5.63. The number of benzene rings is 1. The number of hydrogen-bond donors (Lipinski definition) is 0. The summed E-state index contributed by atoms with van der Waals surface area (Å²) < 4.78 is 13.3. The molecule has 0 aliphatic heterocycles. The van der Waals surface area contributed by atoms with Crippen molar-refractivity contribution < 1.29 is 8.85 Å². The van der Waals surface area contributed by atoms with E-state index in [0.717, 1.165) is 19.3 Å². The smallest absolute Gasteiger partial charge is 0.192 e. The van der Waals surface area contributed by atoms with Gasteiger partial charge in [0.2, 0.25) is 0 Å². The van der Waals surface area contributed by atoms with Crippen LogP contribution in [0, 0.1) is 0 Å². The topological polar surface area (TPSA) is 18.5 Å². The molecule has 2 nitrogen and oxygen atoms in total. The van der Waals surface area contributed by atoms with Crippen LogP contribution in [0.2, 0.25) is 36.3 Å². The summed E-state index contributed by atoms with van der Waals surface area (Å²) in [6, 6.07) is 10.7. The van der Waals surface area contributed by atoms with Crippen LogP contribution in [0.4, 0.5) is 0 Å². The van der Waals surface area contributed by atoms with E-state index in [2.05, 4.69) is 117 Å². The molecule has 172 valence electrons. The first kappa shape index (κ1) is 27.3. The highest BCUT2D eigenvalue weighted by molar-refractivity contribution is 6.74. The predicted octanol–water partition coefficient (Wildman–Crippen LogP) is 8.89. The van der Waals surface area contributed by atoms with Gasteiger partial charge < -0.3 is 8.85 Å². The van der Waals surface area contributed by atoms with Crippen LogP contribution >= 0.6 is 0 Å². The molecule has 0 bridgehead atoms. The normalized spacial score (nSPS) is 16.1. The van der Waals surface area contributed by atoms with Crippen LogP contribution in [-0.2, 0) is 8.85 Å². The van der Waals surface area contributed by atoms with Crippen molar-refractivity contribution in [2.24, 2.45) is 0 Å². The minimum Gasteiger partial charge on any atom is -0.414 e. The Kier molecular flexibility index (Phi) is 9.81. The fraction of sp³-hybridized carbons (Fsp3) is 0.692. The van der Waals surface area contributed by atoms with E-state index in [4.69, 9.17) is 8.85 Å². The Labute approximate surface area is 189 Å². The molecule has 1 aromatic rings. The van der Waals surface area contributed by atoms with Crippen LogP contribution < -0.4 is 0 Å². The van der Waals surface area contributed by atoms with Crippen LogP contribution in [-0.4, -0.2) is 22.7 Å². The van der Waals surface area contributed by atoms with Gasteiger partial charge in [0.05, 0.1) is 6.10 Å². The Hall–Kier alpha value is -0.686. The van der Waals surface area contributed by atoms with Crippen molar-refractivity contribution in [3.63, 3.8) is 0 Å². The summed E-state index contributed by atoms with van der Waals surface area (Å²) in [5, 5.41) is 0.474. The molecule has 0 N–H and O–H groups in total. The third-order valence-electron chi connectivity index (χ3n) is 6.97. The Morgan fingerprint density at radius 2 is 1.30 bits per heavy atom. The predicted molar refractivity (Wildman–Crippen MR) is 138 cm³/mol. The molecule has 30 heavy (non-hydrogen) atoms. The first-order valence-electron chi connectivity index (χ1n) is 11.6. The van der Waals surface area contributed by atoms with E-state index in [0.29, 0.717) is 6.10 Å². The number of hydrogen-bond acceptors (Lipinski definition) is 2. The first-order chi connectivity index (χ1) is 13.6. The molecule has 1 rings (SSSR count). The zero-order valence-electron chi connectivity index (χ0n) is 21.6. The second-order valence-electron chi connectivity index (χ2n) is 11.8. The lowest BCUT2D eigenvalue weighted by atomic mass is 10.1. The van der Waals surface area contributed by atoms with Crippen molar-refractivity contribution in [1.82, 2.24) is 0 Å². The summed E-state index contributed by atoms with van der Waals surface area (Å²) in [7, 11) is -3.51. The highest BCUT2D eigenvalue weighted by Gasteiger charge is 2.39. The monoisotopic (exact) mass is 448 g/mol. The Balaban J connectivity index is 2.68. The van der Waals surface area contributed by atoms with Crippen LogP contribution in [0.1, 0.15) is 79.4 Å². The summed E-state index contributed by atoms with van der Waals surface area (Å²) in [4.78, 5) is 0. The summed E-state index contributed by atoms with van der Waals surface area (Å²) in [5.41, 5.74) is 1.28. The molecule has 4 heteroatoms. The van der Waals surface area contributed by atoms with Gasteiger partial charge in [-0.3, -0.25) is 0 Å². The number of rotatable bonds is 10. The maximum Gasteiger partial charge on any atom is 0.192 e. The average Bonchev–Trinajstić information content (AvgIpc) is 2.58. The zero-order valence-corrected chi connectivity index (χ0v) is 23.6. The van der Waals surface area contributed by atoms with E-state index in [1.807, 2.05) is 0 Å². The van der Waals surface area contributed by atoms with Gasteiger partial charge in [0.25, 0.3) is 0 Å². The molecule has 0 aliphatic carbocycles. The molecule has 1 aromatic carbocycles. The van der Waals surface area contributed by atoms with Gasteiger partial charge >= 0.3 is 0 Å². The number of allylic oxidation sites excluding steroid dienone is 1. The molecule has 0 fully saturated rings. The molecule has 0 saturated carbocycles. The first-order valence-corrected chi connectivity index (χ1v) is 17.4. The van der Waals surface area contributed by atoms with Gasteiger partial charge in [-0.25, -0.2) is 0 Å². The molecular weight excluding hydrogens is 400 g/mol. The van der Waals surface area contributed by atoms with Gasteiger partial charge in [-0.15, -0.1) is 0 Å². The van der Waals surface area contributed by atoms with E-state index in [9.17, 15) is 0 Å². The maximum atomic E-state index is 6.79. The summed E-state index contributed by atoms with van der Waals surface area (Å²) >= 11 is 0. The van der Waals surface area contributed by atoms with Crippen molar-refractivity contribution >= 4 is 16.6 Å². The Morgan fingerprint density at radius 1 is 0.800 bits per heavy atom. The van der Waals surface area contributed by atoms with Crippen molar-refractivity contribution in [1.29, 1.82) is 0 Å². The molecule has 2 atom stereocenters. The highest BCUT2D eigenvalue weighted by Crippen LogP contribution is 2.41. The highest BCUT2D eigenvalue weighted by atomic mass is 28.4. The molecule has 0 spiro atoms. The summed E-state index contributed by atoms with van der Waals surface area (Å²) in [5.74, 6) is 0. The third-order valence-corrected chi connectivity index (χ3v) is 16.1. The molecule has 0 aromatic heterocycles. The molecule has 0 amide bonds. The Bertz CT molecular complexity index is 652. The van der Waals surface area contributed by atoms with Crippen molar-refractivity contribution in [3.8, 4) is 0 Å². The minimum atomic E-state index is -1.83. The molecular formula is C26H48O2Si2. The van der Waals surface area contributed by atoms with E-state index < -0.39 is 16.6 Å². The van der Waals surface area contributed by atoms with E-state index in [-0.39, 0.29) is 16.2 Å². The lowest BCUT2D eigenvalue weighted by Crippen LogP contribution is -2.43. The van der Waals surface area contributed by atoms with Gasteiger partial charge in [-0.05, 0) is 68.0 Å². The lowest BCUT2D eigenvalue weighted by Gasteiger charge is -2.39. The van der Waals surface area contributed by atoms with Gasteiger partial charge in [0.15, 0.2) is 16.6 Å². The van der Waals surface area contributed by atoms with Crippen LogP contribution in [0.25, 0.3) is 0 Å². The summed E-state index contributed by atoms with van der Waals surface area (Å²) in [6.45, 7) is 25.4. The van der Waals surface area contributed by atoms with Crippen LogP contribution in [0.3, 0.4) is 0 Å². The van der Waals surface area contributed by atoms with Gasteiger partial charge in [-0.1, -0.05) is 84.0 Å². The quantitative estimate of drug-likeness (QED) is 0.263. The minimum absolute atomic E-state index is 0.129. The SMILES string of the molecule is C[C@H](CC/C=C\C[C@H](O[Si](C)(C)C(C)(C)C)c1ccccc1)O[Si](C)(C)C(C)(C)C. The van der Waals surface area contributed by atoms with Crippen molar-refractivity contribution in [3.05, 3.63) is 48.0 Å². The second-order valence-corrected chi connectivity index (χ2v) is 21.3. The van der Waals surface area contributed by atoms with Crippen LogP contribution in [0.5, 0.6) is 0 Å². The molecule has 0 radical (unpaired) electrons. The van der Waals surface area contributed by atoms with Crippen molar-refractivity contribution in [2.75, 3.05) is 0 Å². The molecule has 0 aliphatic rings. The van der Waals surface area contributed by atoms with E-state index in [1.54, 1.807) is 0 Å². The van der Waals surface area contributed by atoms with Crippen LogP contribution in [0.15, 0.2) is 42.5 Å². The molecule has 0 heterocycles. The standard InChI is InChI=1S/C26H48O2Si2/c1-22(27-29(8,9)25(2,3)4)18-14-12-17-21-24(23-19-15-13-16-20-23)28-30(10,11)26(5,6)7/h12-13,15-17,19-20,22,24H,14,18,21H2,1-11H3/b17-12-/t22-,24+/m1/s1. The zero-order chi connectivity index (χ0) is 23.2. The lowest BCUT2D eigenvalue weighted by molar-refractivity contribution is 0.186. The second kappa shape index (κ2) is 10.8. The largest absolute Gasteiger partial charge is 0.414 e. The van der Waals surface area contributed by atoms with E-state index in [1.165, 1.54) is 5.56 Å². The summed E-state index contributed by atoms with van der Waals surface area (Å²) in [6.07, 6.45) is 8.11. The van der Waals surface area contributed by atoms with Gasteiger partial charge in [-0.2, -0.15) is 0 Å². The van der Waals surface area contributed by atoms with Crippen molar-refractivity contribution in [2.45, 2.75) is 116 Å². The third kappa shape index (κ3) is 8.45. The van der Waals surface area contributed by atoms with E-state index >= 15 is 0 Å². The molecule has 0 saturated heterocycles. The maximum absolute atomic E-state index is 6.79. The van der Waals surface area contributed by atoms with Gasteiger partial charge in [0, 0.05) is 6.10 Å². The fourth-order valence-electron chi connectivity index (χ4n) is 2.86. The molecule has 0 unspecified atom stereocenters. The van der Waals surface area contributed by atoms with Gasteiger partial charge in [0.1, 0.15) is 0 Å². The average molecular weight is 449 g/mol. The Morgan fingerprint density at radius 3 is 1.80 bits per heavy atom.